The molecule has 0 saturated carbocycles. The molecule has 1 heterocycles. The topological polar surface area (TPSA) is 86.2 Å². The van der Waals surface area contributed by atoms with E-state index in [-0.39, 0.29) is 6.42 Å². The van der Waals surface area contributed by atoms with Crippen LogP contribution in [0.1, 0.15) is 33.8 Å². The van der Waals surface area contributed by atoms with Crippen LogP contribution < -0.4 is 0 Å². The number of benzene rings is 3. The predicted octanol–water partition coefficient (Wildman–Crippen LogP) is 3.81. The van der Waals surface area contributed by atoms with Gasteiger partial charge in [-0.05, 0) is 38.7 Å². The minimum atomic E-state index is -0.628. The van der Waals surface area contributed by atoms with Gasteiger partial charge in [0.2, 0.25) is 11.6 Å². The summed E-state index contributed by atoms with van der Waals surface area (Å²) in [4.78, 5) is 44.7. The molecule has 0 bridgehead atoms. The Balaban J connectivity index is 1.72. The summed E-state index contributed by atoms with van der Waals surface area (Å²) in [6, 6.07) is 15.6. The van der Waals surface area contributed by atoms with Crippen molar-refractivity contribution < 1.29 is 19.1 Å². The van der Waals surface area contributed by atoms with Crippen LogP contribution in [0.25, 0.3) is 21.5 Å². The number of rotatable bonds is 5. The second-order valence-corrected chi connectivity index (χ2v) is 7.69. The van der Waals surface area contributed by atoms with Crippen LogP contribution in [0.2, 0.25) is 0 Å². The average Bonchev–Trinajstić information content (AvgIpc) is 2.81. The number of hydrogen-bond donors (Lipinski definition) is 0. The lowest BCUT2D eigenvalue weighted by atomic mass is 9.74. The second-order valence-electron chi connectivity index (χ2n) is 7.69. The van der Waals surface area contributed by atoms with Crippen LogP contribution >= 0.6 is 0 Å². The molecule has 0 saturated heterocycles. The molecule has 0 fully saturated rings. The molecular formula is C25H18N2O4. The van der Waals surface area contributed by atoms with E-state index < -0.39 is 23.6 Å². The SMILES string of the molecule is O=COC(Cc1cncnc1)C1CC(=O)C(=O)c2ccc3c(ccc4ccccc43)c21. The van der Waals surface area contributed by atoms with E-state index in [1.54, 1.807) is 18.5 Å². The Hall–Kier alpha value is -3.93. The van der Waals surface area contributed by atoms with Crippen LogP contribution in [-0.2, 0) is 20.7 Å². The van der Waals surface area contributed by atoms with Crippen molar-refractivity contribution in [2.75, 3.05) is 0 Å². The minimum absolute atomic E-state index is 0.00995. The average molecular weight is 410 g/mol. The lowest BCUT2D eigenvalue weighted by molar-refractivity contribution is -0.135. The van der Waals surface area contributed by atoms with Gasteiger partial charge in [-0.2, -0.15) is 0 Å². The number of hydrogen-bond acceptors (Lipinski definition) is 6. The summed E-state index contributed by atoms with van der Waals surface area (Å²) >= 11 is 0. The Morgan fingerprint density at radius 3 is 2.55 bits per heavy atom. The normalized spacial score (nSPS) is 16.8. The molecule has 31 heavy (non-hydrogen) atoms. The third-order valence-electron chi connectivity index (χ3n) is 5.97. The van der Waals surface area contributed by atoms with Crippen LogP contribution in [0.5, 0.6) is 0 Å². The summed E-state index contributed by atoms with van der Waals surface area (Å²) in [5, 5.41) is 4.05. The molecular weight excluding hydrogens is 392 g/mol. The van der Waals surface area contributed by atoms with E-state index in [4.69, 9.17) is 4.74 Å². The van der Waals surface area contributed by atoms with Gasteiger partial charge in [-0.15, -0.1) is 0 Å². The number of Topliss-reactive ketones (excluding diaryl/α,β-unsaturated/α-hetero) is 2. The molecule has 2 atom stereocenters. The fourth-order valence-electron chi connectivity index (χ4n) is 4.60. The number of aromatic nitrogens is 2. The molecule has 3 aromatic carbocycles. The first-order chi connectivity index (χ1) is 15.2. The summed E-state index contributed by atoms with van der Waals surface area (Å²) < 4.78 is 5.46. The highest BCUT2D eigenvalue weighted by Crippen LogP contribution is 2.41. The van der Waals surface area contributed by atoms with Crippen molar-refractivity contribution in [1.29, 1.82) is 0 Å². The summed E-state index contributed by atoms with van der Waals surface area (Å²) in [6.07, 6.45) is 4.44. The van der Waals surface area contributed by atoms with E-state index in [0.29, 0.717) is 18.5 Å². The maximum absolute atomic E-state index is 12.7. The van der Waals surface area contributed by atoms with Crippen molar-refractivity contribution in [1.82, 2.24) is 9.97 Å². The zero-order valence-corrected chi connectivity index (χ0v) is 16.5. The first-order valence-electron chi connectivity index (χ1n) is 10.0. The largest absolute Gasteiger partial charge is 0.464 e. The molecule has 1 aliphatic rings. The summed E-state index contributed by atoms with van der Waals surface area (Å²) in [6.45, 7) is 0.398. The van der Waals surface area contributed by atoms with Crippen molar-refractivity contribution in [3.8, 4) is 0 Å². The molecule has 0 N–H and O–H groups in total. The van der Waals surface area contributed by atoms with Gasteiger partial charge in [-0.25, -0.2) is 9.97 Å². The molecule has 0 spiro atoms. The zero-order valence-electron chi connectivity index (χ0n) is 16.5. The number of carbonyl (C=O) groups is 3. The van der Waals surface area contributed by atoms with Crippen LogP contribution in [0, 0.1) is 0 Å². The third-order valence-corrected chi connectivity index (χ3v) is 5.97. The maximum Gasteiger partial charge on any atom is 0.293 e. The third kappa shape index (κ3) is 3.26. The molecule has 1 aromatic heterocycles. The Morgan fingerprint density at radius 1 is 0.968 bits per heavy atom. The van der Waals surface area contributed by atoms with Gasteiger partial charge in [-0.1, -0.05) is 42.5 Å². The molecule has 4 aromatic rings. The summed E-state index contributed by atoms with van der Waals surface area (Å²) in [5.74, 6) is -1.41. The van der Waals surface area contributed by atoms with Crippen molar-refractivity contribution >= 4 is 39.6 Å². The van der Waals surface area contributed by atoms with Crippen LogP contribution in [0.4, 0.5) is 0 Å². The number of ether oxygens (including phenoxy) is 1. The van der Waals surface area contributed by atoms with Crippen molar-refractivity contribution in [3.63, 3.8) is 0 Å². The number of carbonyl (C=O) groups excluding carboxylic acids is 3. The quantitative estimate of drug-likeness (QED) is 0.283. The first-order valence-corrected chi connectivity index (χ1v) is 10.0. The molecule has 6 nitrogen and oxygen atoms in total. The van der Waals surface area contributed by atoms with Crippen LogP contribution in [0.15, 0.2) is 67.3 Å². The summed E-state index contributed by atoms with van der Waals surface area (Å²) in [5.41, 5.74) is 1.93. The van der Waals surface area contributed by atoms with E-state index in [1.807, 2.05) is 42.5 Å². The Kier molecular flexibility index (Phi) is 4.75. The van der Waals surface area contributed by atoms with Gasteiger partial charge in [0.25, 0.3) is 6.47 Å². The van der Waals surface area contributed by atoms with E-state index in [2.05, 4.69) is 9.97 Å². The fraction of sp³-hybridized carbons (Fsp3) is 0.160. The highest BCUT2D eigenvalue weighted by molar-refractivity contribution is 6.45. The molecule has 2 unspecified atom stereocenters. The standard InChI is InChI=1S/C25H18N2O4/c28-14-31-23(9-15-11-26-13-27-12-15)21-10-22(29)25(30)20-8-7-18-17-4-2-1-3-16(17)5-6-19(18)24(20)21/h1-8,11-14,21,23H,9-10H2. The first kappa shape index (κ1) is 19.1. The molecule has 0 aliphatic heterocycles. The number of fused-ring (bicyclic) bond motifs is 5. The van der Waals surface area contributed by atoms with E-state index in [0.717, 1.165) is 32.7 Å². The van der Waals surface area contributed by atoms with Gasteiger partial charge in [-0.3, -0.25) is 14.4 Å². The van der Waals surface area contributed by atoms with E-state index in [1.165, 1.54) is 6.33 Å². The van der Waals surface area contributed by atoms with Crippen molar-refractivity contribution in [3.05, 3.63) is 83.9 Å². The Morgan fingerprint density at radius 2 is 1.74 bits per heavy atom. The van der Waals surface area contributed by atoms with Crippen molar-refractivity contribution in [2.45, 2.75) is 24.9 Å². The molecule has 5 rings (SSSR count). The zero-order chi connectivity index (χ0) is 21.4. The number of ketones is 2. The van der Waals surface area contributed by atoms with Crippen LogP contribution in [0.3, 0.4) is 0 Å². The number of nitrogens with zero attached hydrogens (tertiary/aromatic N) is 2. The highest BCUT2D eigenvalue weighted by Gasteiger charge is 2.38. The van der Waals surface area contributed by atoms with Gasteiger partial charge in [0.1, 0.15) is 12.4 Å². The molecule has 0 radical (unpaired) electrons. The van der Waals surface area contributed by atoms with E-state index >= 15 is 0 Å². The van der Waals surface area contributed by atoms with E-state index in [9.17, 15) is 14.4 Å². The van der Waals surface area contributed by atoms with Gasteiger partial charge in [0.15, 0.2) is 0 Å². The van der Waals surface area contributed by atoms with Gasteiger partial charge < -0.3 is 4.74 Å². The van der Waals surface area contributed by atoms with Gasteiger partial charge >= 0.3 is 0 Å². The van der Waals surface area contributed by atoms with Gasteiger partial charge in [0.05, 0.1) is 0 Å². The van der Waals surface area contributed by atoms with Crippen LogP contribution in [-0.4, -0.2) is 34.1 Å². The Labute approximate surface area is 177 Å². The van der Waals surface area contributed by atoms with Gasteiger partial charge in [0, 0.05) is 36.7 Å². The summed E-state index contributed by atoms with van der Waals surface area (Å²) in [7, 11) is 0. The lowest BCUT2D eigenvalue weighted by Gasteiger charge is -2.31. The van der Waals surface area contributed by atoms with Crippen molar-refractivity contribution in [2.24, 2.45) is 0 Å². The highest BCUT2D eigenvalue weighted by atomic mass is 16.5. The fourth-order valence-corrected chi connectivity index (χ4v) is 4.60. The Bertz CT molecular complexity index is 1330. The lowest BCUT2D eigenvalue weighted by Crippen LogP contribution is -2.34. The smallest absolute Gasteiger partial charge is 0.293 e. The minimum Gasteiger partial charge on any atom is -0.464 e. The predicted molar refractivity (Wildman–Crippen MR) is 115 cm³/mol. The molecule has 6 heteroatoms. The molecule has 152 valence electrons. The molecule has 0 amide bonds. The molecule has 1 aliphatic carbocycles. The second kappa shape index (κ2) is 7.72. The maximum atomic E-state index is 12.7. The monoisotopic (exact) mass is 410 g/mol.